The number of hydrogen-bond acceptors (Lipinski definition) is 3. The summed E-state index contributed by atoms with van der Waals surface area (Å²) in [6.45, 7) is 3.00. The van der Waals surface area contributed by atoms with E-state index in [0.717, 1.165) is 24.8 Å². The normalized spacial score (nSPS) is 10.1. The van der Waals surface area contributed by atoms with Crippen LogP contribution in [0.4, 0.5) is 4.79 Å². The van der Waals surface area contributed by atoms with Gasteiger partial charge in [0, 0.05) is 6.54 Å². The van der Waals surface area contributed by atoms with E-state index < -0.39 is 11.9 Å². The fourth-order valence-corrected chi connectivity index (χ4v) is 2.31. The van der Waals surface area contributed by atoms with E-state index in [0.29, 0.717) is 24.5 Å². The predicted octanol–water partition coefficient (Wildman–Crippen LogP) is 3.90. The van der Waals surface area contributed by atoms with Crippen LogP contribution < -0.4 is 15.4 Å². The van der Waals surface area contributed by atoms with Gasteiger partial charge in [0.25, 0.3) is 5.91 Å². The number of carbonyl (C=O) groups excluding carboxylic acids is 2. The zero-order valence-corrected chi connectivity index (χ0v) is 14.5. The Bertz CT molecular complexity index is 686. The van der Waals surface area contributed by atoms with Gasteiger partial charge in [-0.05, 0) is 24.1 Å². The van der Waals surface area contributed by atoms with E-state index in [1.807, 2.05) is 30.3 Å². The Morgan fingerprint density at radius 2 is 1.68 bits per heavy atom. The van der Waals surface area contributed by atoms with E-state index in [-0.39, 0.29) is 0 Å². The van der Waals surface area contributed by atoms with Gasteiger partial charge in [-0.3, -0.25) is 10.1 Å². The number of ether oxygens (including phenoxy) is 1. The van der Waals surface area contributed by atoms with E-state index >= 15 is 0 Å². The average Bonchev–Trinajstić information content (AvgIpc) is 2.64. The van der Waals surface area contributed by atoms with Crippen LogP contribution in [0, 0.1) is 0 Å². The van der Waals surface area contributed by atoms with E-state index in [1.54, 1.807) is 24.3 Å². The van der Waals surface area contributed by atoms with Gasteiger partial charge in [0.15, 0.2) is 0 Å². The molecule has 0 heterocycles. The maximum absolute atomic E-state index is 12.3. The summed E-state index contributed by atoms with van der Waals surface area (Å²) >= 11 is 0. The number of benzene rings is 2. The summed E-state index contributed by atoms with van der Waals surface area (Å²) in [7, 11) is 0. The Kier molecular flexibility index (Phi) is 7.50. The molecule has 5 heteroatoms. The van der Waals surface area contributed by atoms with Crippen molar-refractivity contribution in [3.05, 3.63) is 65.7 Å². The molecule has 3 amide bonds. The molecule has 0 aliphatic carbocycles. The first-order valence-corrected chi connectivity index (χ1v) is 8.55. The highest BCUT2D eigenvalue weighted by Crippen LogP contribution is 2.19. The maximum Gasteiger partial charge on any atom is 0.321 e. The molecule has 0 radical (unpaired) electrons. The summed E-state index contributed by atoms with van der Waals surface area (Å²) in [5, 5.41) is 5.03. The molecule has 0 spiro atoms. The lowest BCUT2D eigenvalue weighted by atomic mass is 10.2. The summed E-state index contributed by atoms with van der Waals surface area (Å²) in [6, 6.07) is 16.1. The molecule has 0 atom stereocenters. The Morgan fingerprint density at radius 1 is 0.960 bits per heavy atom. The number of nitrogens with one attached hydrogen (secondary N) is 2. The van der Waals surface area contributed by atoms with Crippen LogP contribution in [0.5, 0.6) is 5.75 Å². The molecule has 0 aliphatic heterocycles. The van der Waals surface area contributed by atoms with Crippen molar-refractivity contribution in [2.24, 2.45) is 0 Å². The number of amides is 3. The Morgan fingerprint density at radius 3 is 2.44 bits per heavy atom. The van der Waals surface area contributed by atoms with Crippen molar-refractivity contribution in [3.63, 3.8) is 0 Å². The monoisotopic (exact) mass is 340 g/mol. The zero-order valence-electron chi connectivity index (χ0n) is 14.5. The van der Waals surface area contributed by atoms with Crippen LogP contribution in [0.3, 0.4) is 0 Å². The van der Waals surface area contributed by atoms with Gasteiger partial charge in [-0.25, -0.2) is 4.79 Å². The smallest absolute Gasteiger partial charge is 0.321 e. The maximum atomic E-state index is 12.3. The summed E-state index contributed by atoms with van der Waals surface area (Å²) in [4.78, 5) is 24.1. The van der Waals surface area contributed by atoms with Crippen LogP contribution >= 0.6 is 0 Å². The van der Waals surface area contributed by atoms with Crippen molar-refractivity contribution < 1.29 is 14.3 Å². The van der Waals surface area contributed by atoms with Gasteiger partial charge < -0.3 is 10.1 Å². The molecular formula is C20H24N2O3. The molecular weight excluding hydrogens is 316 g/mol. The van der Waals surface area contributed by atoms with Crippen molar-refractivity contribution in [1.82, 2.24) is 10.6 Å². The summed E-state index contributed by atoms with van der Waals surface area (Å²) in [6.07, 6.45) is 3.02. The van der Waals surface area contributed by atoms with Crippen LogP contribution in [0.15, 0.2) is 54.6 Å². The van der Waals surface area contributed by atoms with Crippen molar-refractivity contribution in [3.8, 4) is 5.75 Å². The van der Waals surface area contributed by atoms with Crippen LogP contribution in [0.1, 0.15) is 42.1 Å². The largest absolute Gasteiger partial charge is 0.488 e. The molecule has 0 fully saturated rings. The molecule has 2 rings (SSSR count). The topological polar surface area (TPSA) is 67.4 Å². The van der Waals surface area contributed by atoms with Crippen molar-refractivity contribution in [1.29, 1.82) is 0 Å². The van der Waals surface area contributed by atoms with E-state index in [1.165, 1.54) is 0 Å². The second kappa shape index (κ2) is 10.1. The lowest BCUT2D eigenvalue weighted by Gasteiger charge is -2.12. The minimum Gasteiger partial charge on any atom is -0.488 e. The quantitative estimate of drug-likeness (QED) is 0.716. The minimum atomic E-state index is -0.487. The van der Waals surface area contributed by atoms with Gasteiger partial charge >= 0.3 is 6.03 Å². The fourth-order valence-electron chi connectivity index (χ4n) is 2.31. The van der Waals surface area contributed by atoms with Gasteiger partial charge in [0.1, 0.15) is 12.4 Å². The highest BCUT2D eigenvalue weighted by molar-refractivity contribution is 6.05. The molecule has 5 nitrogen and oxygen atoms in total. The van der Waals surface area contributed by atoms with Gasteiger partial charge in [0.05, 0.1) is 5.56 Å². The first kappa shape index (κ1) is 18.5. The van der Waals surface area contributed by atoms with Crippen LogP contribution in [-0.2, 0) is 6.61 Å². The Labute approximate surface area is 148 Å². The third kappa shape index (κ3) is 6.30. The molecule has 2 aromatic rings. The van der Waals surface area contributed by atoms with Crippen LogP contribution in [0.25, 0.3) is 0 Å². The van der Waals surface area contributed by atoms with Crippen molar-refractivity contribution in [2.75, 3.05) is 6.54 Å². The molecule has 0 aromatic heterocycles. The molecule has 0 saturated carbocycles. The van der Waals surface area contributed by atoms with Crippen LogP contribution in [0.2, 0.25) is 0 Å². The summed E-state index contributed by atoms with van der Waals surface area (Å²) < 4.78 is 5.75. The first-order valence-electron chi connectivity index (χ1n) is 8.55. The molecule has 0 bridgehead atoms. The fraction of sp³-hybridized carbons (Fsp3) is 0.300. The summed E-state index contributed by atoms with van der Waals surface area (Å²) in [5.74, 6) is -0.0284. The zero-order chi connectivity index (χ0) is 17.9. The second-order valence-electron chi connectivity index (χ2n) is 5.69. The molecule has 0 unspecified atom stereocenters. The number of para-hydroxylation sites is 1. The van der Waals surface area contributed by atoms with Gasteiger partial charge in [0.2, 0.25) is 0 Å². The third-order valence-corrected chi connectivity index (χ3v) is 3.66. The first-order chi connectivity index (χ1) is 12.2. The molecule has 0 aliphatic rings. The average molecular weight is 340 g/mol. The van der Waals surface area contributed by atoms with E-state index in [2.05, 4.69) is 17.6 Å². The highest BCUT2D eigenvalue weighted by Gasteiger charge is 2.14. The Balaban J connectivity index is 1.92. The van der Waals surface area contributed by atoms with Gasteiger partial charge in [-0.2, -0.15) is 0 Å². The molecule has 132 valence electrons. The van der Waals surface area contributed by atoms with E-state index in [9.17, 15) is 9.59 Å². The van der Waals surface area contributed by atoms with Gasteiger partial charge in [-0.1, -0.05) is 62.2 Å². The lowest BCUT2D eigenvalue weighted by Crippen LogP contribution is -2.39. The predicted molar refractivity (Wildman–Crippen MR) is 97.6 cm³/mol. The van der Waals surface area contributed by atoms with Crippen molar-refractivity contribution >= 4 is 11.9 Å². The van der Waals surface area contributed by atoms with E-state index in [4.69, 9.17) is 4.74 Å². The third-order valence-electron chi connectivity index (χ3n) is 3.66. The number of hydrogen-bond donors (Lipinski definition) is 2. The van der Waals surface area contributed by atoms with Gasteiger partial charge in [-0.15, -0.1) is 0 Å². The highest BCUT2D eigenvalue weighted by atomic mass is 16.5. The molecule has 2 N–H and O–H groups in total. The number of rotatable bonds is 8. The standard InChI is InChI=1S/C20H24N2O3/c1-2-3-9-14-21-20(24)22-19(23)17-12-7-8-13-18(17)25-15-16-10-5-4-6-11-16/h4-8,10-13H,2-3,9,14-15H2,1H3,(H2,21,22,23,24). The summed E-state index contributed by atoms with van der Waals surface area (Å²) in [5.41, 5.74) is 1.34. The second-order valence-corrected chi connectivity index (χ2v) is 5.69. The molecule has 25 heavy (non-hydrogen) atoms. The minimum absolute atomic E-state index is 0.335. The van der Waals surface area contributed by atoms with Crippen LogP contribution in [-0.4, -0.2) is 18.5 Å². The number of imide groups is 1. The molecule has 2 aromatic carbocycles. The molecule has 0 saturated heterocycles. The Hall–Kier alpha value is -2.82. The van der Waals surface area contributed by atoms with Crippen molar-refractivity contribution in [2.45, 2.75) is 32.8 Å². The SMILES string of the molecule is CCCCCNC(=O)NC(=O)c1ccccc1OCc1ccccc1. The number of urea groups is 1. The number of carbonyl (C=O) groups is 2. The lowest BCUT2D eigenvalue weighted by molar-refractivity contribution is 0.0959. The number of unbranched alkanes of at least 4 members (excludes halogenated alkanes) is 2.